The number of rotatable bonds is 2. The van der Waals surface area contributed by atoms with Gasteiger partial charge in [0.05, 0.1) is 12.5 Å². The minimum atomic E-state index is -0.963. The van der Waals surface area contributed by atoms with Crippen molar-refractivity contribution in [1.82, 2.24) is 0 Å². The summed E-state index contributed by atoms with van der Waals surface area (Å²) in [7, 11) is 0. The van der Waals surface area contributed by atoms with Crippen molar-refractivity contribution in [3.05, 3.63) is 0 Å². The molecule has 0 aliphatic rings. The zero-order chi connectivity index (χ0) is 5.86. The predicted molar refractivity (Wildman–Crippen MR) is 31.1 cm³/mol. The summed E-state index contributed by atoms with van der Waals surface area (Å²) >= 11 is 0. The first-order chi connectivity index (χ1) is 3.13. The van der Waals surface area contributed by atoms with Gasteiger partial charge in [-0.15, -0.1) is 0 Å². The molecule has 8 heavy (non-hydrogen) atoms. The van der Waals surface area contributed by atoms with Crippen LogP contribution < -0.4 is 0 Å². The van der Waals surface area contributed by atoms with Crippen molar-refractivity contribution in [2.75, 3.05) is 0 Å². The number of carbonyl (C=O) groups is 1. The first-order valence-electron chi connectivity index (χ1n) is 2.03. The Balaban J connectivity index is 0. The van der Waals surface area contributed by atoms with Crippen LogP contribution in [0.1, 0.15) is 13.3 Å². The van der Waals surface area contributed by atoms with Crippen molar-refractivity contribution in [2.24, 2.45) is 0 Å². The molecule has 0 amide bonds. The second-order valence-electron chi connectivity index (χ2n) is 1.45. The summed E-state index contributed by atoms with van der Waals surface area (Å²) in [5.74, 6) is -0.963. The second kappa shape index (κ2) is 6.19. The van der Waals surface area contributed by atoms with Crippen LogP contribution in [0.3, 0.4) is 0 Å². The maximum absolute atomic E-state index is 9.65. The SMILES string of the molecule is C[C@@H](O)CC(=O)O.[KH]. The Kier molecular flexibility index (Phi) is 9.14. The van der Waals surface area contributed by atoms with Crippen LogP contribution in [0.2, 0.25) is 0 Å². The fourth-order valence-corrected chi connectivity index (χ4v) is 0.253. The molecule has 0 radical (unpaired) electrons. The van der Waals surface area contributed by atoms with Crippen molar-refractivity contribution in [3.63, 3.8) is 0 Å². The van der Waals surface area contributed by atoms with Crippen molar-refractivity contribution < 1.29 is 15.0 Å². The van der Waals surface area contributed by atoms with Gasteiger partial charge in [0, 0.05) is 0 Å². The molecule has 0 saturated heterocycles. The van der Waals surface area contributed by atoms with Gasteiger partial charge in [-0.1, -0.05) is 0 Å². The average Bonchev–Trinajstić information content (AvgIpc) is 1.27. The summed E-state index contributed by atoms with van der Waals surface area (Å²) in [6, 6.07) is 0. The number of hydrogen-bond acceptors (Lipinski definition) is 2. The molecule has 0 rings (SSSR count). The van der Waals surface area contributed by atoms with Gasteiger partial charge >= 0.3 is 57.4 Å². The van der Waals surface area contributed by atoms with Crippen LogP contribution in [0.5, 0.6) is 0 Å². The third kappa shape index (κ3) is 10.1. The molecule has 2 N–H and O–H groups in total. The zero-order valence-corrected chi connectivity index (χ0v) is 4.09. The Morgan fingerprint density at radius 1 is 1.75 bits per heavy atom. The first-order valence-corrected chi connectivity index (χ1v) is 2.03. The van der Waals surface area contributed by atoms with Gasteiger partial charge in [0.2, 0.25) is 0 Å². The van der Waals surface area contributed by atoms with E-state index in [4.69, 9.17) is 10.2 Å². The van der Waals surface area contributed by atoms with Gasteiger partial charge in [-0.25, -0.2) is 0 Å². The van der Waals surface area contributed by atoms with Gasteiger partial charge in [-0.2, -0.15) is 0 Å². The van der Waals surface area contributed by atoms with Crippen molar-refractivity contribution in [2.45, 2.75) is 19.4 Å². The van der Waals surface area contributed by atoms with Gasteiger partial charge in [-0.05, 0) is 6.92 Å². The predicted octanol–water partition coefficient (Wildman–Crippen LogP) is -0.807. The van der Waals surface area contributed by atoms with Gasteiger partial charge in [0.15, 0.2) is 0 Å². The van der Waals surface area contributed by atoms with Crippen molar-refractivity contribution in [1.29, 1.82) is 0 Å². The zero-order valence-electron chi connectivity index (χ0n) is 4.09. The fourth-order valence-electron chi connectivity index (χ4n) is 0.253. The van der Waals surface area contributed by atoms with E-state index in [0.29, 0.717) is 0 Å². The Bertz CT molecular complexity index is 71.7. The van der Waals surface area contributed by atoms with Crippen LogP contribution in [0.15, 0.2) is 0 Å². The molecule has 0 heterocycles. The molecular formula is C4H9KO3. The number of aliphatic carboxylic acids is 1. The molecule has 3 nitrogen and oxygen atoms in total. The average molecular weight is 144 g/mol. The van der Waals surface area contributed by atoms with Gasteiger partial charge < -0.3 is 10.2 Å². The molecule has 1 atom stereocenters. The van der Waals surface area contributed by atoms with Crippen LogP contribution in [-0.2, 0) is 4.79 Å². The van der Waals surface area contributed by atoms with Crippen LogP contribution >= 0.6 is 0 Å². The Morgan fingerprint density at radius 3 is 2.12 bits per heavy atom. The molecule has 0 aliphatic carbocycles. The normalized spacial score (nSPS) is 11.8. The van der Waals surface area contributed by atoms with Crippen molar-refractivity contribution >= 4 is 57.4 Å². The Hall–Kier alpha value is 1.07. The van der Waals surface area contributed by atoms with E-state index in [9.17, 15) is 4.79 Å². The van der Waals surface area contributed by atoms with Gasteiger partial charge in [-0.3, -0.25) is 4.79 Å². The number of carboxylic acid groups (broad SMARTS) is 1. The maximum atomic E-state index is 9.65. The summed E-state index contributed by atoms with van der Waals surface area (Å²) in [6.45, 7) is 1.44. The van der Waals surface area contributed by atoms with Gasteiger partial charge in [0.25, 0.3) is 0 Å². The van der Waals surface area contributed by atoms with E-state index in [0.717, 1.165) is 0 Å². The monoisotopic (exact) mass is 144 g/mol. The van der Waals surface area contributed by atoms with Crippen LogP contribution in [0, 0.1) is 0 Å². The fraction of sp³-hybridized carbons (Fsp3) is 0.750. The molecule has 44 valence electrons. The van der Waals surface area contributed by atoms with E-state index in [2.05, 4.69) is 0 Å². The van der Waals surface area contributed by atoms with E-state index < -0.39 is 12.1 Å². The van der Waals surface area contributed by atoms with E-state index in [1.807, 2.05) is 0 Å². The molecule has 0 aromatic carbocycles. The van der Waals surface area contributed by atoms with Crippen molar-refractivity contribution in [3.8, 4) is 0 Å². The molecule has 4 heteroatoms. The summed E-state index contributed by atoms with van der Waals surface area (Å²) in [4.78, 5) is 9.65. The number of aliphatic hydroxyl groups is 1. The van der Waals surface area contributed by atoms with Crippen LogP contribution in [0.4, 0.5) is 0 Å². The number of aliphatic hydroxyl groups excluding tert-OH is 1. The second-order valence-corrected chi connectivity index (χ2v) is 1.45. The summed E-state index contributed by atoms with van der Waals surface area (Å²) in [5, 5.41) is 16.3. The molecule has 0 aromatic heterocycles. The Labute approximate surface area is 90.5 Å². The molecule has 0 unspecified atom stereocenters. The number of hydrogen-bond donors (Lipinski definition) is 2. The van der Waals surface area contributed by atoms with E-state index >= 15 is 0 Å². The Morgan fingerprint density at radius 2 is 2.12 bits per heavy atom. The molecular weight excluding hydrogens is 135 g/mol. The van der Waals surface area contributed by atoms with Crippen LogP contribution in [-0.4, -0.2) is 73.7 Å². The minimum absolute atomic E-state index is 0. The summed E-state index contributed by atoms with van der Waals surface area (Å²) in [6.07, 6.45) is -0.891. The van der Waals surface area contributed by atoms with E-state index in [1.54, 1.807) is 0 Å². The van der Waals surface area contributed by atoms with E-state index in [-0.39, 0.29) is 57.8 Å². The van der Waals surface area contributed by atoms with Gasteiger partial charge in [0.1, 0.15) is 0 Å². The molecule has 0 spiro atoms. The molecule has 0 saturated carbocycles. The van der Waals surface area contributed by atoms with E-state index in [1.165, 1.54) is 6.92 Å². The molecule has 0 aliphatic heterocycles. The first kappa shape index (κ1) is 11.8. The standard InChI is InChI=1S/C4H8O3.K.H/c1-3(5)2-4(6)7;;/h3,5H,2H2,1H3,(H,6,7);;/t3-;;/m1../s1. The third-order valence-corrected chi connectivity index (χ3v) is 0.470. The topological polar surface area (TPSA) is 57.5 Å². The third-order valence-electron chi connectivity index (χ3n) is 0.470. The summed E-state index contributed by atoms with van der Waals surface area (Å²) in [5.41, 5.74) is 0. The number of carboxylic acids is 1. The van der Waals surface area contributed by atoms with Crippen LogP contribution in [0.25, 0.3) is 0 Å². The molecule has 0 fully saturated rings. The quantitative estimate of drug-likeness (QED) is 0.498. The molecule has 0 bridgehead atoms. The molecule has 0 aromatic rings. The summed E-state index contributed by atoms with van der Waals surface area (Å²) < 4.78 is 0.